The highest BCUT2D eigenvalue weighted by Gasteiger charge is 2.36. The second-order valence-electron chi connectivity index (χ2n) is 8.20. The first-order valence-electron chi connectivity index (χ1n) is 11.6. The number of amides is 2. The summed E-state index contributed by atoms with van der Waals surface area (Å²) in [7, 11) is 3.16. The van der Waals surface area contributed by atoms with Crippen LogP contribution in [0.2, 0.25) is 0 Å². The van der Waals surface area contributed by atoms with Gasteiger partial charge in [-0.1, -0.05) is 83.9 Å². The van der Waals surface area contributed by atoms with E-state index in [0.29, 0.717) is 45.9 Å². The van der Waals surface area contributed by atoms with Crippen molar-refractivity contribution in [1.82, 2.24) is 10.2 Å². The Morgan fingerprint density at radius 2 is 1.82 bits per heavy atom. The number of carbonyl (C=O) groups excluding carboxylic acids is 2. The number of ether oxygens (including phenoxy) is 3. The van der Waals surface area contributed by atoms with Crippen LogP contribution in [-0.4, -0.2) is 51.8 Å². The lowest BCUT2D eigenvalue weighted by atomic mass is 10.1. The number of benzene rings is 2. The number of nitrogens with one attached hydrogen (secondary N) is 1. The minimum atomic E-state index is -1.87. The highest BCUT2D eigenvalue weighted by molar-refractivity contribution is 8.26. The minimum absolute atomic E-state index is 0.157. The van der Waals surface area contributed by atoms with Crippen LogP contribution in [-0.2, 0) is 16.0 Å². The molecule has 1 atom stereocenters. The monoisotopic (exact) mass is 616 g/mol. The third-order valence-corrected chi connectivity index (χ3v) is 7.42. The zero-order valence-corrected chi connectivity index (χ0v) is 24.9. The van der Waals surface area contributed by atoms with Crippen LogP contribution >= 0.6 is 58.8 Å². The van der Waals surface area contributed by atoms with E-state index in [9.17, 15) is 9.59 Å². The van der Waals surface area contributed by atoms with Crippen molar-refractivity contribution >= 4 is 81.0 Å². The number of thioether (sulfide) groups is 1. The summed E-state index contributed by atoms with van der Waals surface area (Å²) in [4.78, 5) is 27.1. The van der Waals surface area contributed by atoms with Crippen molar-refractivity contribution in [2.75, 3.05) is 20.8 Å². The molecule has 2 amide bonds. The molecule has 38 heavy (non-hydrogen) atoms. The van der Waals surface area contributed by atoms with Gasteiger partial charge < -0.3 is 19.5 Å². The van der Waals surface area contributed by atoms with E-state index < -0.39 is 10.0 Å². The largest absolute Gasteiger partial charge is 0.493 e. The van der Waals surface area contributed by atoms with Crippen molar-refractivity contribution in [1.29, 1.82) is 0 Å². The Labute approximate surface area is 246 Å². The van der Waals surface area contributed by atoms with Crippen LogP contribution in [0.4, 0.5) is 0 Å². The van der Waals surface area contributed by atoms with Crippen molar-refractivity contribution in [2.24, 2.45) is 0 Å². The minimum Gasteiger partial charge on any atom is -0.493 e. The maximum Gasteiger partial charge on any atom is 0.266 e. The Balaban J connectivity index is 1.65. The van der Waals surface area contributed by atoms with E-state index in [1.807, 2.05) is 25.1 Å². The highest BCUT2D eigenvalue weighted by Crippen LogP contribution is 2.35. The van der Waals surface area contributed by atoms with Gasteiger partial charge >= 0.3 is 0 Å². The van der Waals surface area contributed by atoms with Crippen molar-refractivity contribution in [3.8, 4) is 17.2 Å². The smallest absolute Gasteiger partial charge is 0.266 e. The molecule has 0 bridgehead atoms. The third-order valence-electron chi connectivity index (χ3n) is 5.44. The number of halogens is 3. The second kappa shape index (κ2) is 13.8. The van der Waals surface area contributed by atoms with Crippen LogP contribution in [0, 0.1) is 0 Å². The molecule has 1 fully saturated rings. The molecule has 12 heteroatoms. The van der Waals surface area contributed by atoms with Gasteiger partial charge in [-0.15, -0.1) is 0 Å². The molecule has 1 heterocycles. The fourth-order valence-electron chi connectivity index (χ4n) is 3.52. The fraction of sp³-hybridized carbons (Fsp3) is 0.346. The molecule has 0 radical (unpaired) electrons. The first-order valence-corrected chi connectivity index (χ1v) is 14.0. The number of methoxy groups -OCH3 is 2. The van der Waals surface area contributed by atoms with Gasteiger partial charge in [0.05, 0.1) is 19.1 Å². The first kappa shape index (κ1) is 30.4. The SMILES string of the molecule is CCCC(=O)NC(Oc1ccc(/C=C2\SC(=S)N(CCc3ccc(OC)c(OC)c3)C2=O)cc1)C(Cl)(Cl)Cl. The van der Waals surface area contributed by atoms with Crippen molar-refractivity contribution in [2.45, 2.75) is 36.2 Å². The van der Waals surface area contributed by atoms with Crippen LogP contribution in [0.25, 0.3) is 6.08 Å². The topological polar surface area (TPSA) is 77.1 Å². The van der Waals surface area contributed by atoms with Crippen LogP contribution in [0.1, 0.15) is 30.9 Å². The van der Waals surface area contributed by atoms with Gasteiger partial charge in [-0.2, -0.15) is 0 Å². The summed E-state index contributed by atoms with van der Waals surface area (Å²) in [6.07, 6.45) is 2.13. The standard InChI is InChI=1S/C26H27Cl3N2O5S2/c1-4-5-22(32)30-24(26(27,28)29)36-18-9-6-16(7-10-18)15-21-23(33)31(25(37)38-21)13-12-17-8-11-19(34-2)20(14-17)35-3/h6-11,14-15,24H,4-5,12-13H2,1-3H3,(H,30,32)/b21-15-. The van der Waals surface area contributed by atoms with Crippen LogP contribution in [0.5, 0.6) is 17.2 Å². The summed E-state index contributed by atoms with van der Waals surface area (Å²) >= 11 is 24.7. The second-order valence-corrected chi connectivity index (χ2v) is 12.2. The number of hydrogen-bond donors (Lipinski definition) is 1. The summed E-state index contributed by atoms with van der Waals surface area (Å²) < 4.78 is 15.0. The molecule has 1 N–H and O–H groups in total. The molecule has 1 unspecified atom stereocenters. The molecule has 0 aromatic heterocycles. The lowest BCUT2D eigenvalue weighted by Gasteiger charge is -2.26. The lowest BCUT2D eigenvalue weighted by molar-refractivity contribution is -0.124. The van der Waals surface area contributed by atoms with E-state index in [4.69, 9.17) is 61.2 Å². The summed E-state index contributed by atoms with van der Waals surface area (Å²) in [5.41, 5.74) is 1.76. The Kier molecular flexibility index (Phi) is 11.0. The molecule has 0 saturated carbocycles. The van der Waals surface area contributed by atoms with Crippen LogP contribution in [0.3, 0.4) is 0 Å². The van der Waals surface area contributed by atoms with Crippen molar-refractivity contribution < 1.29 is 23.8 Å². The number of hydrogen-bond acceptors (Lipinski definition) is 7. The molecule has 1 saturated heterocycles. The molecule has 204 valence electrons. The van der Waals surface area contributed by atoms with Gasteiger partial charge in [-0.3, -0.25) is 14.5 Å². The Hall–Kier alpha value is -2.17. The van der Waals surface area contributed by atoms with Gasteiger partial charge in [-0.05, 0) is 54.3 Å². The first-order chi connectivity index (χ1) is 18.0. The Morgan fingerprint density at radius 1 is 1.13 bits per heavy atom. The molecule has 2 aromatic carbocycles. The average Bonchev–Trinajstić information content (AvgIpc) is 3.14. The summed E-state index contributed by atoms with van der Waals surface area (Å²) in [5, 5.41) is 2.58. The van der Waals surface area contributed by atoms with Gasteiger partial charge in [0.15, 0.2) is 11.5 Å². The normalized spacial score (nSPS) is 15.5. The van der Waals surface area contributed by atoms with E-state index in [-0.39, 0.29) is 18.2 Å². The summed E-state index contributed by atoms with van der Waals surface area (Å²) in [6, 6.07) is 12.5. The summed E-state index contributed by atoms with van der Waals surface area (Å²) in [5.74, 6) is 1.22. The van der Waals surface area contributed by atoms with Gasteiger partial charge in [-0.25, -0.2) is 0 Å². The molecule has 3 rings (SSSR count). The quantitative estimate of drug-likeness (QED) is 0.141. The maximum absolute atomic E-state index is 13.0. The zero-order valence-electron chi connectivity index (χ0n) is 21.0. The Bertz CT molecular complexity index is 1200. The number of carbonyl (C=O) groups is 2. The predicted octanol–water partition coefficient (Wildman–Crippen LogP) is 6.14. The molecule has 1 aliphatic rings. The predicted molar refractivity (Wildman–Crippen MR) is 157 cm³/mol. The van der Waals surface area contributed by atoms with Crippen LogP contribution < -0.4 is 19.5 Å². The van der Waals surface area contributed by atoms with Gasteiger partial charge in [0.25, 0.3) is 5.91 Å². The Morgan fingerprint density at radius 3 is 2.42 bits per heavy atom. The van der Waals surface area contributed by atoms with Gasteiger partial charge in [0.2, 0.25) is 15.9 Å². The molecular weight excluding hydrogens is 591 g/mol. The van der Waals surface area contributed by atoms with Crippen LogP contribution in [0.15, 0.2) is 47.4 Å². The molecule has 0 spiro atoms. The lowest BCUT2D eigenvalue weighted by Crippen LogP contribution is -2.47. The van der Waals surface area contributed by atoms with Crippen molar-refractivity contribution in [3.05, 3.63) is 58.5 Å². The molecular formula is C26H27Cl3N2O5S2. The molecule has 0 aliphatic carbocycles. The number of thiocarbonyl (C=S) groups is 1. The summed E-state index contributed by atoms with van der Waals surface area (Å²) in [6.45, 7) is 2.31. The number of rotatable bonds is 11. The van der Waals surface area contributed by atoms with E-state index in [2.05, 4.69) is 5.32 Å². The van der Waals surface area contributed by atoms with E-state index in [1.165, 1.54) is 11.8 Å². The highest BCUT2D eigenvalue weighted by atomic mass is 35.6. The van der Waals surface area contributed by atoms with Gasteiger partial charge in [0, 0.05) is 13.0 Å². The maximum atomic E-state index is 13.0. The number of nitrogens with zero attached hydrogens (tertiary/aromatic N) is 1. The van der Waals surface area contributed by atoms with E-state index in [1.54, 1.807) is 49.5 Å². The van der Waals surface area contributed by atoms with E-state index >= 15 is 0 Å². The van der Waals surface area contributed by atoms with Gasteiger partial charge in [0.1, 0.15) is 10.1 Å². The molecule has 1 aliphatic heterocycles. The van der Waals surface area contributed by atoms with E-state index in [0.717, 1.165) is 11.1 Å². The fourth-order valence-corrected chi connectivity index (χ4v) is 5.13. The molecule has 2 aromatic rings. The molecule has 7 nitrogen and oxygen atoms in total. The zero-order chi connectivity index (χ0) is 27.9. The third kappa shape index (κ3) is 8.16. The van der Waals surface area contributed by atoms with Crippen molar-refractivity contribution in [3.63, 3.8) is 0 Å². The number of alkyl halides is 3. The average molecular weight is 618 g/mol.